The van der Waals surface area contributed by atoms with Crippen LogP contribution in [0.2, 0.25) is 0 Å². The average Bonchev–Trinajstić information content (AvgIpc) is 1.63. The second-order valence-corrected chi connectivity index (χ2v) is 2.12. The zero-order valence-corrected chi connectivity index (χ0v) is 7.80. The first-order valence-corrected chi connectivity index (χ1v) is 4.18. The van der Waals surface area contributed by atoms with E-state index in [-0.39, 0.29) is 18.9 Å². The van der Waals surface area contributed by atoms with Crippen molar-refractivity contribution < 1.29 is 42.8 Å². The van der Waals surface area contributed by atoms with Crippen molar-refractivity contribution in [1.29, 1.82) is 0 Å². The van der Waals surface area contributed by atoms with Gasteiger partial charge in [0.05, 0.1) is 0 Å². The van der Waals surface area contributed by atoms with Gasteiger partial charge in [0.2, 0.25) is 0 Å². The van der Waals surface area contributed by atoms with Crippen molar-refractivity contribution >= 4 is 7.82 Å². The third kappa shape index (κ3) is 113. The van der Waals surface area contributed by atoms with E-state index in [0.29, 0.717) is 0 Å². The molecule has 0 atom stereocenters. The van der Waals surface area contributed by atoms with Gasteiger partial charge in [-0.3, -0.25) is 0 Å². The van der Waals surface area contributed by atoms with Crippen molar-refractivity contribution in [2.75, 3.05) is 13.2 Å². The number of hydrogen-bond donors (Lipinski definition) is 0. The minimum Gasteiger partial charge on any atom is -0.822 e. The van der Waals surface area contributed by atoms with Gasteiger partial charge in [-0.05, 0) is 13.8 Å². The molecule has 0 aliphatic carbocycles. The van der Waals surface area contributed by atoms with Crippen LogP contribution in [0, 0.1) is 0 Å². The van der Waals surface area contributed by atoms with E-state index >= 15 is 0 Å². The first kappa shape index (κ1) is 17.7. The van der Waals surface area contributed by atoms with Crippen LogP contribution in [-0.2, 0) is 9.30 Å². The first-order valence-electron chi connectivity index (χ1n) is 2.72. The molecular formula is C4H10LiO5P-2. The Kier molecular flexibility index (Phi) is 17.1. The minimum atomic E-state index is -5.39. The summed E-state index contributed by atoms with van der Waals surface area (Å²) >= 11 is 0. The SMILES string of the molecule is CCOCC.O=P([O-])([O-])[O-].[Li+]. The molecule has 0 bridgehead atoms. The van der Waals surface area contributed by atoms with E-state index in [2.05, 4.69) is 0 Å². The van der Waals surface area contributed by atoms with Gasteiger partial charge in [0.25, 0.3) is 0 Å². The second-order valence-electron chi connectivity index (χ2n) is 1.23. The number of rotatable bonds is 2. The van der Waals surface area contributed by atoms with E-state index in [4.69, 9.17) is 24.0 Å². The molecule has 64 valence electrons. The van der Waals surface area contributed by atoms with Crippen molar-refractivity contribution in [2.24, 2.45) is 0 Å². The Morgan fingerprint density at radius 2 is 1.36 bits per heavy atom. The number of phosphoric acid groups is 1. The van der Waals surface area contributed by atoms with Gasteiger partial charge >= 0.3 is 18.9 Å². The van der Waals surface area contributed by atoms with Gasteiger partial charge in [0.15, 0.2) is 0 Å². The second kappa shape index (κ2) is 10.7. The van der Waals surface area contributed by atoms with Gasteiger partial charge in [-0.25, -0.2) is 0 Å². The molecule has 0 unspecified atom stereocenters. The van der Waals surface area contributed by atoms with Gasteiger partial charge in [-0.15, -0.1) is 0 Å². The summed E-state index contributed by atoms with van der Waals surface area (Å²) in [6.07, 6.45) is 0. The predicted molar refractivity (Wildman–Crippen MR) is 29.8 cm³/mol. The van der Waals surface area contributed by atoms with E-state index in [9.17, 15) is 0 Å². The molecule has 0 amide bonds. The molecule has 0 aromatic rings. The molecule has 5 nitrogen and oxygen atoms in total. The largest absolute Gasteiger partial charge is 1.00 e. The Balaban J connectivity index is -0.000000107. The van der Waals surface area contributed by atoms with Crippen LogP contribution in [0.3, 0.4) is 0 Å². The Labute approximate surface area is 78.2 Å². The molecule has 0 fully saturated rings. The van der Waals surface area contributed by atoms with Crippen molar-refractivity contribution in [2.45, 2.75) is 13.8 Å². The fourth-order valence-electron chi connectivity index (χ4n) is 0.204. The minimum absolute atomic E-state index is 0. The van der Waals surface area contributed by atoms with Gasteiger partial charge in [0, 0.05) is 13.2 Å². The van der Waals surface area contributed by atoms with Gasteiger partial charge in [-0.2, -0.15) is 7.82 Å². The summed E-state index contributed by atoms with van der Waals surface area (Å²) < 4.78 is 13.4. The maximum atomic E-state index is 8.55. The molecule has 0 heterocycles. The maximum absolute atomic E-state index is 8.55. The number of hydrogen-bond acceptors (Lipinski definition) is 5. The predicted octanol–water partition coefficient (Wildman–Crippen LogP) is -4.78. The third-order valence-corrected chi connectivity index (χ3v) is 0.408. The van der Waals surface area contributed by atoms with Crippen molar-refractivity contribution in [3.8, 4) is 0 Å². The molecule has 0 saturated heterocycles. The van der Waals surface area contributed by atoms with Crippen LogP contribution in [0.5, 0.6) is 0 Å². The Morgan fingerprint density at radius 1 is 1.18 bits per heavy atom. The molecule has 0 aromatic carbocycles. The summed E-state index contributed by atoms with van der Waals surface area (Å²) in [6.45, 7) is 5.67. The van der Waals surface area contributed by atoms with Crippen LogP contribution in [0.15, 0.2) is 0 Å². The van der Waals surface area contributed by atoms with Crippen LogP contribution < -0.4 is 33.5 Å². The molecule has 0 aliphatic heterocycles. The Morgan fingerprint density at radius 3 is 1.36 bits per heavy atom. The smallest absolute Gasteiger partial charge is 0.822 e. The Bertz CT molecular complexity index is 92.4. The quantitative estimate of drug-likeness (QED) is 0.311. The van der Waals surface area contributed by atoms with Crippen LogP contribution in [0.4, 0.5) is 0 Å². The van der Waals surface area contributed by atoms with Gasteiger partial charge in [0.1, 0.15) is 0 Å². The molecule has 11 heavy (non-hydrogen) atoms. The molecule has 0 aromatic heterocycles. The van der Waals surface area contributed by atoms with E-state index in [1.54, 1.807) is 0 Å². The van der Waals surface area contributed by atoms with E-state index in [0.717, 1.165) is 13.2 Å². The molecule has 0 rings (SSSR count). The van der Waals surface area contributed by atoms with Crippen LogP contribution >= 0.6 is 7.82 Å². The monoisotopic (exact) mass is 176 g/mol. The Hall–Kier alpha value is 0.667. The molecule has 7 heteroatoms. The molecular weight excluding hydrogens is 166 g/mol. The summed E-state index contributed by atoms with van der Waals surface area (Å²) in [5.41, 5.74) is 0. The summed E-state index contributed by atoms with van der Waals surface area (Å²) in [6, 6.07) is 0. The summed E-state index contributed by atoms with van der Waals surface area (Å²) in [5, 5.41) is 0. The van der Waals surface area contributed by atoms with Crippen LogP contribution in [0.1, 0.15) is 13.8 Å². The summed E-state index contributed by atoms with van der Waals surface area (Å²) in [5.74, 6) is 0. The first-order chi connectivity index (χ1) is 4.41. The van der Waals surface area contributed by atoms with E-state index in [1.165, 1.54) is 0 Å². The van der Waals surface area contributed by atoms with Gasteiger partial charge < -0.3 is 24.0 Å². The topological polar surface area (TPSA) is 95.5 Å². The van der Waals surface area contributed by atoms with Crippen molar-refractivity contribution in [3.63, 3.8) is 0 Å². The zero-order chi connectivity index (χ0) is 8.62. The molecule has 0 spiro atoms. The molecule has 0 N–H and O–H groups in total. The fourth-order valence-corrected chi connectivity index (χ4v) is 0.204. The van der Waals surface area contributed by atoms with E-state index in [1.807, 2.05) is 13.8 Å². The maximum Gasteiger partial charge on any atom is 1.00 e. The summed E-state index contributed by atoms with van der Waals surface area (Å²) in [7, 11) is -5.39. The van der Waals surface area contributed by atoms with Crippen molar-refractivity contribution in [1.82, 2.24) is 0 Å². The average molecular weight is 176 g/mol. The van der Waals surface area contributed by atoms with Crippen molar-refractivity contribution in [3.05, 3.63) is 0 Å². The molecule has 0 saturated carbocycles. The fraction of sp³-hybridized carbons (Fsp3) is 1.00. The van der Waals surface area contributed by atoms with Gasteiger partial charge in [-0.1, -0.05) is 0 Å². The molecule has 0 radical (unpaired) electrons. The molecule has 0 aliphatic rings. The van der Waals surface area contributed by atoms with Crippen LogP contribution in [-0.4, -0.2) is 13.2 Å². The van der Waals surface area contributed by atoms with E-state index < -0.39 is 7.82 Å². The van der Waals surface area contributed by atoms with Crippen LogP contribution in [0.25, 0.3) is 0 Å². The third-order valence-electron chi connectivity index (χ3n) is 0.408. The summed E-state index contributed by atoms with van der Waals surface area (Å²) in [4.78, 5) is 25.6. The normalized spacial score (nSPS) is 9.18. The number of ether oxygens (including phenoxy) is 1. The zero-order valence-electron chi connectivity index (χ0n) is 6.90. The standard InChI is InChI=1S/C4H10O.Li.H3O4P/c1-3-5-4-2;;1-5(2,3)4/h3-4H2,1-2H3;;(H3,1,2,3,4)/q;+1;/p-3.